The van der Waals surface area contributed by atoms with Gasteiger partial charge in [-0.05, 0) is 73.4 Å². The van der Waals surface area contributed by atoms with Crippen molar-refractivity contribution in [2.45, 2.75) is 45.7 Å². The molecule has 4 nitrogen and oxygen atoms in total. The Balaban J connectivity index is 1.91. The van der Waals surface area contributed by atoms with Gasteiger partial charge in [0.05, 0.1) is 18.2 Å². The third-order valence-corrected chi connectivity index (χ3v) is 4.80. The summed E-state index contributed by atoms with van der Waals surface area (Å²) in [5, 5.41) is 3.62. The molecule has 1 atom stereocenters. The molecular weight excluding hydrogens is 356 g/mol. The Kier molecular flexibility index (Phi) is 7.66. The summed E-state index contributed by atoms with van der Waals surface area (Å²) < 4.78 is 12.0. The zero-order valence-corrected chi connectivity index (χ0v) is 16.1. The summed E-state index contributed by atoms with van der Waals surface area (Å²) in [6.07, 6.45) is 4.07. The Labute approximate surface area is 148 Å². The van der Waals surface area contributed by atoms with Crippen molar-refractivity contribution in [3.8, 4) is 11.5 Å². The van der Waals surface area contributed by atoms with Gasteiger partial charge in [0.2, 0.25) is 0 Å². The van der Waals surface area contributed by atoms with E-state index in [1.807, 2.05) is 6.92 Å². The molecule has 1 saturated heterocycles. The molecule has 0 saturated carbocycles. The van der Waals surface area contributed by atoms with Gasteiger partial charge in [0, 0.05) is 19.1 Å². The number of nitrogens with zero attached hydrogens (tertiary/aromatic N) is 1. The van der Waals surface area contributed by atoms with Crippen molar-refractivity contribution in [1.82, 2.24) is 10.2 Å². The number of rotatable bonds is 8. The largest absolute Gasteiger partial charge is 0.492 e. The summed E-state index contributed by atoms with van der Waals surface area (Å²) in [6, 6.07) is 4.64. The first-order chi connectivity index (χ1) is 11.1. The minimum absolute atomic E-state index is 0.476. The molecule has 1 N–H and O–H groups in total. The summed E-state index contributed by atoms with van der Waals surface area (Å²) >= 11 is 3.57. The van der Waals surface area contributed by atoms with Gasteiger partial charge in [-0.2, -0.15) is 0 Å². The minimum atomic E-state index is 0.476. The van der Waals surface area contributed by atoms with Crippen molar-refractivity contribution in [3.63, 3.8) is 0 Å². The fourth-order valence-electron chi connectivity index (χ4n) is 3.07. The van der Waals surface area contributed by atoms with E-state index in [-0.39, 0.29) is 0 Å². The number of methoxy groups -OCH3 is 1. The number of piperidine rings is 1. The third-order valence-electron chi connectivity index (χ3n) is 4.21. The number of likely N-dealkylation sites (tertiary alicyclic amines) is 1. The first-order valence-electron chi connectivity index (χ1n) is 8.59. The molecule has 0 aromatic heterocycles. The van der Waals surface area contributed by atoms with Crippen LogP contribution in [0.4, 0.5) is 0 Å². The van der Waals surface area contributed by atoms with Gasteiger partial charge < -0.3 is 19.7 Å². The minimum Gasteiger partial charge on any atom is -0.492 e. The van der Waals surface area contributed by atoms with E-state index in [0.29, 0.717) is 12.6 Å². The highest BCUT2D eigenvalue weighted by molar-refractivity contribution is 9.10. The second-order valence-electron chi connectivity index (χ2n) is 6.19. The maximum absolute atomic E-state index is 5.69. The molecular formula is C18H29BrN2O2. The second kappa shape index (κ2) is 9.50. The van der Waals surface area contributed by atoms with Crippen LogP contribution in [0.1, 0.15) is 38.7 Å². The van der Waals surface area contributed by atoms with Gasteiger partial charge in [0.1, 0.15) is 0 Å². The number of halogens is 1. The molecule has 1 aromatic rings. The number of hydrogen-bond donors (Lipinski definition) is 1. The van der Waals surface area contributed by atoms with Crippen LogP contribution < -0.4 is 14.8 Å². The van der Waals surface area contributed by atoms with Crippen molar-refractivity contribution in [2.24, 2.45) is 0 Å². The molecule has 0 spiro atoms. The van der Waals surface area contributed by atoms with E-state index in [4.69, 9.17) is 9.47 Å². The summed E-state index contributed by atoms with van der Waals surface area (Å²) in [4.78, 5) is 2.57. The number of hydrogen-bond acceptors (Lipinski definition) is 4. The van der Waals surface area contributed by atoms with Crippen molar-refractivity contribution >= 4 is 15.9 Å². The Bertz CT molecular complexity index is 490. The van der Waals surface area contributed by atoms with Gasteiger partial charge >= 0.3 is 0 Å². The zero-order valence-electron chi connectivity index (χ0n) is 14.5. The average molecular weight is 385 g/mol. The molecule has 1 aliphatic rings. The van der Waals surface area contributed by atoms with Gasteiger partial charge in [-0.25, -0.2) is 0 Å². The fourth-order valence-corrected chi connectivity index (χ4v) is 3.72. The van der Waals surface area contributed by atoms with Crippen molar-refractivity contribution in [3.05, 3.63) is 22.2 Å². The molecule has 0 radical (unpaired) electrons. The van der Waals surface area contributed by atoms with Crippen LogP contribution in [0.5, 0.6) is 11.5 Å². The van der Waals surface area contributed by atoms with Gasteiger partial charge in [0.15, 0.2) is 11.5 Å². The lowest BCUT2D eigenvalue weighted by Crippen LogP contribution is -2.41. The van der Waals surface area contributed by atoms with E-state index in [2.05, 4.69) is 45.2 Å². The first-order valence-corrected chi connectivity index (χ1v) is 9.38. The van der Waals surface area contributed by atoms with Crippen molar-refractivity contribution in [2.75, 3.05) is 33.4 Å². The highest BCUT2D eigenvalue weighted by Gasteiger charge is 2.14. The van der Waals surface area contributed by atoms with Gasteiger partial charge in [-0.3, -0.25) is 0 Å². The molecule has 1 heterocycles. The third kappa shape index (κ3) is 5.66. The molecule has 0 amide bonds. The van der Waals surface area contributed by atoms with E-state index in [1.54, 1.807) is 7.11 Å². The molecule has 1 aromatic carbocycles. The molecule has 0 bridgehead atoms. The van der Waals surface area contributed by atoms with Gasteiger partial charge in [0.25, 0.3) is 0 Å². The van der Waals surface area contributed by atoms with Crippen LogP contribution in [0.3, 0.4) is 0 Å². The predicted octanol–water partition coefficient (Wildman–Crippen LogP) is 3.82. The average Bonchev–Trinajstić information content (AvgIpc) is 2.54. The smallest absolute Gasteiger partial charge is 0.174 e. The lowest BCUT2D eigenvalue weighted by molar-refractivity contribution is 0.209. The van der Waals surface area contributed by atoms with Crippen LogP contribution in [0.2, 0.25) is 0 Å². The lowest BCUT2D eigenvalue weighted by Gasteiger charge is -2.29. The molecule has 23 heavy (non-hydrogen) atoms. The summed E-state index contributed by atoms with van der Waals surface area (Å²) in [6.45, 7) is 9.32. The normalized spacial score (nSPS) is 17.0. The lowest BCUT2D eigenvalue weighted by atomic mass is 10.1. The molecule has 1 fully saturated rings. The van der Waals surface area contributed by atoms with Gasteiger partial charge in [-0.15, -0.1) is 0 Å². The second-order valence-corrected chi connectivity index (χ2v) is 7.04. The molecule has 5 heteroatoms. The molecule has 0 aliphatic carbocycles. The summed E-state index contributed by atoms with van der Waals surface area (Å²) in [5.41, 5.74) is 1.20. The maximum atomic E-state index is 5.69. The molecule has 1 unspecified atom stereocenters. The summed E-state index contributed by atoms with van der Waals surface area (Å²) in [7, 11) is 1.67. The van der Waals surface area contributed by atoms with Gasteiger partial charge in [-0.1, -0.05) is 6.42 Å². The number of ether oxygens (including phenoxy) is 2. The Morgan fingerprint density at radius 2 is 2.00 bits per heavy atom. The highest BCUT2D eigenvalue weighted by atomic mass is 79.9. The molecule has 1 aliphatic heterocycles. The first kappa shape index (κ1) is 18.6. The highest BCUT2D eigenvalue weighted by Crippen LogP contribution is 2.36. The van der Waals surface area contributed by atoms with E-state index in [9.17, 15) is 0 Å². The number of benzene rings is 1. The van der Waals surface area contributed by atoms with Crippen molar-refractivity contribution < 1.29 is 9.47 Å². The van der Waals surface area contributed by atoms with E-state index >= 15 is 0 Å². The topological polar surface area (TPSA) is 33.7 Å². The quantitative estimate of drug-likeness (QED) is 0.738. The Morgan fingerprint density at radius 3 is 2.65 bits per heavy atom. The zero-order chi connectivity index (χ0) is 16.7. The van der Waals surface area contributed by atoms with E-state index < -0.39 is 0 Å². The van der Waals surface area contributed by atoms with Crippen LogP contribution >= 0.6 is 15.9 Å². The fraction of sp³-hybridized carbons (Fsp3) is 0.667. The monoisotopic (exact) mass is 384 g/mol. The Morgan fingerprint density at radius 1 is 1.26 bits per heavy atom. The van der Waals surface area contributed by atoms with Crippen LogP contribution in [0.15, 0.2) is 16.6 Å². The Hall–Kier alpha value is -0.780. The SMILES string of the molecule is CCOc1cc(CNC(C)CN2CCCCC2)cc(Br)c1OC. The summed E-state index contributed by atoms with van der Waals surface area (Å²) in [5.74, 6) is 1.56. The molecule has 130 valence electrons. The predicted molar refractivity (Wildman–Crippen MR) is 98.5 cm³/mol. The van der Waals surface area contributed by atoms with Crippen LogP contribution in [0, 0.1) is 0 Å². The van der Waals surface area contributed by atoms with Crippen LogP contribution in [0.25, 0.3) is 0 Å². The van der Waals surface area contributed by atoms with Crippen LogP contribution in [-0.4, -0.2) is 44.3 Å². The van der Waals surface area contributed by atoms with E-state index in [1.165, 1.54) is 37.9 Å². The molecule has 2 rings (SSSR count). The van der Waals surface area contributed by atoms with Crippen molar-refractivity contribution in [1.29, 1.82) is 0 Å². The standard InChI is InChI=1S/C18H29BrN2O2/c1-4-23-17-11-15(10-16(19)18(17)22-3)12-20-14(2)13-21-8-6-5-7-9-21/h10-11,14,20H,4-9,12-13H2,1-3H3. The van der Waals surface area contributed by atoms with Crippen LogP contribution in [-0.2, 0) is 6.54 Å². The maximum Gasteiger partial charge on any atom is 0.174 e. The van der Waals surface area contributed by atoms with E-state index in [0.717, 1.165) is 29.1 Å². The number of nitrogens with one attached hydrogen (secondary N) is 1.